The van der Waals surface area contributed by atoms with Gasteiger partial charge in [-0.25, -0.2) is 0 Å². The molecule has 1 unspecified atom stereocenters. The van der Waals surface area contributed by atoms with Crippen molar-refractivity contribution in [1.29, 1.82) is 0 Å². The van der Waals surface area contributed by atoms with Crippen LogP contribution in [0.4, 0.5) is 5.69 Å². The van der Waals surface area contributed by atoms with Crippen LogP contribution in [0.1, 0.15) is 19.3 Å². The van der Waals surface area contributed by atoms with Gasteiger partial charge in [-0.1, -0.05) is 0 Å². The maximum atomic E-state index is 12.4. The summed E-state index contributed by atoms with van der Waals surface area (Å²) in [4.78, 5) is 14.3. The second kappa shape index (κ2) is 5.42. The van der Waals surface area contributed by atoms with E-state index in [4.69, 9.17) is 4.74 Å². The van der Waals surface area contributed by atoms with E-state index in [1.165, 1.54) is 0 Å². The number of carbonyl (C=O) groups excluding carboxylic acids is 1. The average molecular weight is 276 g/mol. The average Bonchev–Trinajstić information content (AvgIpc) is 2.67. The van der Waals surface area contributed by atoms with Crippen LogP contribution in [0.25, 0.3) is 0 Å². The van der Waals surface area contributed by atoms with Gasteiger partial charge in [0, 0.05) is 5.69 Å². The van der Waals surface area contributed by atoms with E-state index >= 15 is 0 Å². The number of phenolic OH excluding ortho intramolecular Hbond substituents is 1. The highest BCUT2D eigenvalue weighted by molar-refractivity contribution is 5.96. The van der Waals surface area contributed by atoms with E-state index in [-0.39, 0.29) is 23.8 Å². The molecular formula is C15H20N2O3. The minimum absolute atomic E-state index is 0.00356. The molecule has 0 bridgehead atoms. The highest BCUT2D eigenvalue weighted by Gasteiger charge is 2.44. The molecular weight excluding hydrogens is 256 g/mol. The van der Waals surface area contributed by atoms with Crippen LogP contribution in [0.5, 0.6) is 5.75 Å². The molecule has 2 N–H and O–H groups in total. The Morgan fingerprint density at radius 1 is 1.20 bits per heavy atom. The van der Waals surface area contributed by atoms with E-state index in [0.717, 1.165) is 38.0 Å². The van der Waals surface area contributed by atoms with Gasteiger partial charge in [0.25, 0.3) is 5.91 Å². The number of ether oxygens (including phenoxy) is 1. The number of benzene rings is 1. The zero-order valence-corrected chi connectivity index (χ0v) is 11.5. The number of amides is 1. The molecule has 0 radical (unpaired) electrons. The number of rotatable bonds is 1. The van der Waals surface area contributed by atoms with Crippen LogP contribution in [-0.2, 0) is 9.53 Å². The van der Waals surface area contributed by atoms with Crippen LogP contribution < -0.4 is 10.2 Å². The first-order valence-corrected chi connectivity index (χ1v) is 7.12. The Morgan fingerprint density at radius 3 is 2.80 bits per heavy atom. The molecule has 1 aromatic carbocycles. The van der Waals surface area contributed by atoms with E-state index in [1.807, 2.05) is 4.90 Å². The number of phenols is 1. The molecule has 0 saturated carbocycles. The standard InChI is InChI=1S/C15H20N2O3/c18-13-4-2-12(3-5-13)17-14(19)10-20-11-15(17)6-1-8-16-9-7-15/h2-5,16,18H,1,6-11H2. The Bertz CT molecular complexity index is 478. The first-order chi connectivity index (χ1) is 9.71. The van der Waals surface area contributed by atoms with Gasteiger partial charge in [0.2, 0.25) is 0 Å². The fraction of sp³-hybridized carbons (Fsp3) is 0.533. The van der Waals surface area contributed by atoms with E-state index < -0.39 is 0 Å². The molecule has 1 spiro atoms. The molecule has 108 valence electrons. The highest BCUT2D eigenvalue weighted by Crippen LogP contribution is 2.35. The summed E-state index contributed by atoms with van der Waals surface area (Å²) in [5.74, 6) is 0.217. The summed E-state index contributed by atoms with van der Waals surface area (Å²) in [6.07, 6.45) is 2.86. The van der Waals surface area contributed by atoms with Crippen LogP contribution in [-0.4, -0.2) is 42.9 Å². The third-order valence-corrected chi connectivity index (χ3v) is 4.19. The number of carbonyl (C=O) groups is 1. The van der Waals surface area contributed by atoms with Crippen LogP contribution in [0.15, 0.2) is 24.3 Å². The molecule has 2 fully saturated rings. The molecule has 2 aliphatic rings. The molecule has 2 aliphatic heterocycles. The molecule has 3 rings (SSSR count). The van der Waals surface area contributed by atoms with Gasteiger partial charge in [0.05, 0.1) is 12.1 Å². The Morgan fingerprint density at radius 2 is 2.00 bits per heavy atom. The molecule has 5 heteroatoms. The second-order valence-corrected chi connectivity index (χ2v) is 5.57. The zero-order valence-electron chi connectivity index (χ0n) is 11.5. The summed E-state index contributed by atoms with van der Waals surface area (Å²) in [7, 11) is 0. The predicted molar refractivity (Wildman–Crippen MR) is 75.9 cm³/mol. The number of nitrogens with zero attached hydrogens (tertiary/aromatic N) is 1. The van der Waals surface area contributed by atoms with Crippen molar-refractivity contribution in [3.8, 4) is 5.75 Å². The van der Waals surface area contributed by atoms with Crippen molar-refractivity contribution in [3.05, 3.63) is 24.3 Å². The van der Waals surface area contributed by atoms with Gasteiger partial charge < -0.3 is 20.1 Å². The van der Waals surface area contributed by atoms with Gasteiger partial charge in [-0.2, -0.15) is 0 Å². The number of anilines is 1. The SMILES string of the molecule is O=C1COCC2(CCCNCC2)N1c1ccc(O)cc1. The van der Waals surface area contributed by atoms with Crippen molar-refractivity contribution in [2.45, 2.75) is 24.8 Å². The number of hydrogen-bond donors (Lipinski definition) is 2. The van der Waals surface area contributed by atoms with E-state index in [0.29, 0.717) is 6.61 Å². The second-order valence-electron chi connectivity index (χ2n) is 5.57. The van der Waals surface area contributed by atoms with Crippen molar-refractivity contribution >= 4 is 11.6 Å². The van der Waals surface area contributed by atoms with Gasteiger partial charge in [-0.05, 0) is 56.6 Å². The summed E-state index contributed by atoms with van der Waals surface area (Å²) >= 11 is 0. The zero-order chi connectivity index (χ0) is 14.0. The lowest BCUT2D eigenvalue weighted by Gasteiger charge is -2.46. The first kappa shape index (κ1) is 13.4. The number of aromatic hydroxyl groups is 1. The normalized spacial score (nSPS) is 27.6. The Hall–Kier alpha value is -1.59. The Kier molecular flexibility index (Phi) is 3.63. The summed E-state index contributed by atoms with van der Waals surface area (Å²) in [5, 5.41) is 12.8. The quantitative estimate of drug-likeness (QED) is 0.811. The molecule has 5 nitrogen and oxygen atoms in total. The van der Waals surface area contributed by atoms with E-state index in [1.54, 1.807) is 24.3 Å². The van der Waals surface area contributed by atoms with Gasteiger partial charge >= 0.3 is 0 Å². The van der Waals surface area contributed by atoms with Crippen LogP contribution in [0, 0.1) is 0 Å². The minimum Gasteiger partial charge on any atom is -0.508 e. The topological polar surface area (TPSA) is 61.8 Å². The smallest absolute Gasteiger partial charge is 0.253 e. The lowest BCUT2D eigenvalue weighted by molar-refractivity contribution is -0.130. The molecule has 1 atom stereocenters. The summed E-state index contributed by atoms with van der Waals surface area (Å²) in [5.41, 5.74) is 0.591. The summed E-state index contributed by atoms with van der Waals surface area (Å²) < 4.78 is 5.54. The number of hydrogen-bond acceptors (Lipinski definition) is 4. The van der Waals surface area contributed by atoms with Crippen molar-refractivity contribution in [1.82, 2.24) is 5.32 Å². The molecule has 2 saturated heterocycles. The van der Waals surface area contributed by atoms with Gasteiger partial charge in [-0.15, -0.1) is 0 Å². The molecule has 1 amide bonds. The largest absolute Gasteiger partial charge is 0.508 e. The number of morpholine rings is 1. The molecule has 20 heavy (non-hydrogen) atoms. The minimum atomic E-state index is -0.254. The fourth-order valence-corrected chi connectivity index (χ4v) is 3.22. The predicted octanol–water partition coefficient (Wildman–Crippen LogP) is 1.27. The van der Waals surface area contributed by atoms with Crippen molar-refractivity contribution in [2.24, 2.45) is 0 Å². The first-order valence-electron chi connectivity index (χ1n) is 7.12. The van der Waals surface area contributed by atoms with Crippen LogP contribution in [0.2, 0.25) is 0 Å². The monoisotopic (exact) mass is 276 g/mol. The van der Waals surface area contributed by atoms with Crippen molar-refractivity contribution in [2.75, 3.05) is 31.2 Å². The lowest BCUT2D eigenvalue weighted by Crippen LogP contribution is -2.60. The maximum Gasteiger partial charge on any atom is 0.253 e. The van der Waals surface area contributed by atoms with Crippen LogP contribution in [0.3, 0.4) is 0 Å². The lowest BCUT2D eigenvalue weighted by atomic mass is 9.87. The van der Waals surface area contributed by atoms with Crippen molar-refractivity contribution < 1.29 is 14.6 Å². The Balaban J connectivity index is 1.97. The third-order valence-electron chi connectivity index (χ3n) is 4.19. The Labute approximate surface area is 118 Å². The number of nitrogens with one attached hydrogen (secondary N) is 1. The molecule has 1 aromatic rings. The fourth-order valence-electron chi connectivity index (χ4n) is 3.22. The summed E-state index contributed by atoms with van der Waals surface area (Å²) in [6, 6.07) is 6.86. The van der Waals surface area contributed by atoms with Gasteiger partial charge in [0.15, 0.2) is 0 Å². The van der Waals surface area contributed by atoms with E-state index in [9.17, 15) is 9.90 Å². The molecule has 0 aliphatic carbocycles. The highest BCUT2D eigenvalue weighted by atomic mass is 16.5. The van der Waals surface area contributed by atoms with Crippen LogP contribution >= 0.6 is 0 Å². The van der Waals surface area contributed by atoms with Gasteiger partial charge in [0.1, 0.15) is 12.4 Å². The van der Waals surface area contributed by atoms with E-state index in [2.05, 4.69) is 5.32 Å². The molecule has 2 heterocycles. The molecule has 0 aromatic heterocycles. The summed E-state index contributed by atoms with van der Waals surface area (Å²) in [6.45, 7) is 2.60. The maximum absolute atomic E-state index is 12.4. The van der Waals surface area contributed by atoms with Crippen molar-refractivity contribution in [3.63, 3.8) is 0 Å². The van der Waals surface area contributed by atoms with Gasteiger partial charge in [-0.3, -0.25) is 4.79 Å². The third kappa shape index (κ3) is 2.39.